The fourth-order valence-electron chi connectivity index (χ4n) is 1.49. The molecule has 0 spiro atoms. The van der Waals surface area contributed by atoms with Crippen LogP contribution in [0, 0.1) is 3.57 Å². The van der Waals surface area contributed by atoms with Crippen LogP contribution in [0.1, 0.15) is 0 Å². The summed E-state index contributed by atoms with van der Waals surface area (Å²) in [5, 5.41) is 14.2. The zero-order valence-electron chi connectivity index (χ0n) is 10.3. The van der Waals surface area contributed by atoms with E-state index in [4.69, 9.17) is 0 Å². The van der Waals surface area contributed by atoms with Gasteiger partial charge in [-0.25, -0.2) is 0 Å². The van der Waals surface area contributed by atoms with E-state index in [0.29, 0.717) is 11.4 Å². The van der Waals surface area contributed by atoms with Crippen LogP contribution in [0.4, 0.5) is 11.4 Å². The van der Waals surface area contributed by atoms with Crippen LogP contribution in [0.2, 0.25) is 0 Å². The van der Waals surface area contributed by atoms with Gasteiger partial charge in [0.1, 0.15) is 5.75 Å². The summed E-state index contributed by atoms with van der Waals surface area (Å²) in [6.45, 7) is 0. The largest absolute Gasteiger partial charge is 0.508 e. The molecule has 0 bridgehead atoms. The molecule has 0 aromatic heterocycles. The lowest BCUT2D eigenvalue weighted by molar-refractivity contribution is -0.132. The molecule has 0 fully saturated rings. The summed E-state index contributed by atoms with van der Waals surface area (Å²) < 4.78 is 1.03. The maximum absolute atomic E-state index is 11.7. The normalized spacial score (nSPS) is 9.85. The third-order valence-electron chi connectivity index (χ3n) is 2.41. The summed E-state index contributed by atoms with van der Waals surface area (Å²) in [4.78, 5) is 23.4. The molecule has 0 unspecified atom stereocenters. The van der Waals surface area contributed by atoms with Crippen LogP contribution in [-0.2, 0) is 9.59 Å². The Kier molecular flexibility index (Phi) is 4.57. The third kappa shape index (κ3) is 3.95. The molecule has 2 aromatic rings. The van der Waals surface area contributed by atoms with Crippen molar-refractivity contribution in [2.24, 2.45) is 0 Å². The highest BCUT2D eigenvalue weighted by Crippen LogP contribution is 2.15. The fourth-order valence-corrected chi connectivity index (χ4v) is 1.85. The number of carbonyl (C=O) groups excluding carboxylic acids is 2. The number of rotatable bonds is 2. The summed E-state index contributed by atoms with van der Waals surface area (Å²) in [5.41, 5.74) is 0.897. The molecule has 0 saturated heterocycles. The molecule has 2 rings (SSSR count). The Morgan fingerprint density at radius 1 is 0.900 bits per heavy atom. The molecule has 0 saturated carbocycles. The highest BCUT2D eigenvalue weighted by molar-refractivity contribution is 14.1. The third-order valence-corrected chi connectivity index (χ3v) is 3.13. The summed E-state index contributed by atoms with van der Waals surface area (Å²) in [6.07, 6.45) is 0. The first kappa shape index (κ1) is 14.3. The van der Waals surface area contributed by atoms with Gasteiger partial charge < -0.3 is 15.7 Å². The van der Waals surface area contributed by atoms with Crippen LogP contribution in [-0.4, -0.2) is 16.9 Å². The van der Waals surface area contributed by atoms with Crippen molar-refractivity contribution < 1.29 is 14.7 Å². The van der Waals surface area contributed by atoms with Crippen LogP contribution in [0.3, 0.4) is 0 Å². The predicted molar refractivity (Wildman–Crippen MR) is 84.5 cm³/mol. The Hall–Kier alpha value is -2.09. The van der Waals surface area contributed by atoms with Gasteiger partial charge in [0.2, 0.25) is 0 Å². The van der Waals surface area contributed by atoms with E-state index in [1.807, 2.05) is 12.1 Å². The van der Waals surface area contributed by atoms with Gasteiger partial charge in [-0.1, -0.05) is 6.07 Å². The van der Waals surface area contributed by atoms with Crippen LogP contribution in [0.25, 0.3) is 0 Å². The topological polar surface area (TPSA) is 78.4 Å². The number of phenols is 1. The molecule has 2 amide bonds. The molecule has 2 aromatic carbocycles. The van der Waals surface area contributed by atoms with Crippen molar-refractivity contribution in [1.82, 2.24) is 0 Å². The SMILES string of the molecule is O=C(Nc1ccc(I)cc1)C(=O)Nc1cccc(O)c1. The molecule has 6 heteroatoms. The van der Waals surface area contributed by atoms with Gasteiger partial charge in [0.15, 0.2) is 0 Å². The second-order valence-electron chi connectivity index (χ2n) is 3.97. The number of anilines is 2. The minimum Gasteiger partial charge on any atom is -0.508 e. The number of phenolic OH excluding ortho intramolecular Hbond substituents is 1. The molecule has 0 aliphatic heterocycles. The van der Waals surface area contributed by atoms with Crippen molar-refractivity contribution in [2.45, 2.75) is 0 Å². The van der Waals surface area contributed by atoms with Crippen LogP contribution >= 0.6 is 22.6 Å². The number of halogens is 1. The van der Waals surface area contributed by atoms with Gasteiger partial charge in [-0.2, -0.15) is 0 Å². The predicted octanol–water partition coefficient (Wildman–Crippen LogP) is 2.57. The first-order valence-corrected chi connectivity index (χ1v) is 6.79. The van der Waals surface area contributed by atoms with Crippen molar-refractivity contribution >= 4 is 45.8 Å². The van der Waals surface area contributed by atoms with E-state index in [-0.39, 0.29) is 5.75 Å². The zero-order chi connectivity index (χ0) is 14.5. The van der Waals surface area contributed by atoms with Crippen LogP contribution in [0.15, 0.2) is 48.5 Å². The molecule has 20 heavy (non-hydrogen) atoms. The highest BCUT2D eigenvalue weighted by Gasteiger charge is 2.14. The first-order chi connectivity index (χ1) is 9.54. The minimum absolute atomic E-state index is 0.0147. The quantitative estimate of drug-likeness (QED) is 0.552. The van der Waals surface area contributed by atoms with Gasteiger partial charge in [-0.3, -0.25) is 9.59 Å². The van der Waals surface area contributed by atoms with Gasteiger partial charge in [-0.15, -0.1) is 0 Å². The number of hydrogen-bond donors (Lipinski definition) is 3. The summed E-state index contributed by atoms with van der Waals surface area (Å²) in [7, 11) is 0. The van der Waals surface area contributed by atoms with Crippen molar-refractivity contribution in [2.75, 3.05) is 10.6 Å². The van der Waals surface area contributed by atoms with Gasteiger partial charge in [0.25, 0.3) is 0 Å². The molecule has 0 heterocycles. The lowest BCUT2D eigenvalue weighted by atomic mass is 10.3. The molecular weight excluding hydrogens is 371 g/mol. The number of carbonyl (C=O) groups is 2. The standard InChI is InChI=1S/C14H11IN2O3/c15-9-4-6-10(7-5-9)16-13(19)14(20)17-11-2-1-3-12(18)8-11/h1-8,18H,(H,16,19)(H,17,20). The van der Waals surface area contributed by atoms with Crippen molar-refractivity contribution in [3.8, 4) is 5.75 Å². The average Bonchev–Trinajstić information content (AvgIpc) is 2.41. The Balaban J connectivity index is 1.98. The van der Waals surface area contributed by atoms with E-state index in [1.165, 1.54) is 12.1 Å². The summed E-state index contributed by atoms with van der Waals surface area (Å²) in [5.74, 6) is -1.55. The number of hydrogen-bond acceptors (Lipinski definition) is 3. The molecule has 5 nitrogen and oxygen atoms in total. The molecule has 0 radical (unpaired) electrons. The van der Waals surface area contributed by atoms with Crippen molar-refractivity contribution in [3.63, 3.8) is 0 Å². The van der Waals surface area contributed by atoms with Crippen LogP contribution < -0.4 is 10.6 Å². The average molecular weight is 382 g/mol. The van der Waals surface area contributed by atoms with E-state index in [2.05, 4.69) is 33.2 Å². The lowest BCUT2D eigenvalue weighted by Crippen LogP contribution is -2.29. The molecule has 3 N–H and O–H groups in total. The number of amides is 2. The van der Waals surface area contributed by atoms with Gasteiger partial charge in [0.05, 0.1) is 0 Å². The van der Waals surface area contributed by atoms with Crippen LogP contribution in [0.5, 0.6) is 5.75 Å². The highest BCUT2D eigenvalue weighted by atomic mass is 127. The molecule has 0 atom stereocenters. The number of aromatic hydroxyl groups is 1. The van der Waals surface area contributed by atoms with Gasteiger partial charge in [0, 0.05) is 21.0 Å². The van der Waals surface area contributed by atoms with Crippen molar-refractivity contribution in [1.29, 1.82) is 0 Å². The Labute approximate surface area is 129 Å². The maximum Gasteiger partial charge on any atom is 0.314 e. The van der Waals surface area contributed by atoms with E-state index in [9.17, 15) is 14.7 Å². The second kappa shape index (κ2) is 6.38. The van der Waals surface area contributed by atoms with E-state index in [0.717, 1.165) is 3.57 Å². The van der Waals surface area contributed by atoms with E-state index < -0.39 is 11.8 Å². The molecule has 0 aliphatic carbocycles. The smallest absolute Gasteiger partial charge is 0.314 e. The zero-order valence-corrected chi connectivity index (χ0v) is 12.4. The maximum atomic E-state index is 11.7. The number of benzene rings is 2. The van der Waals surface area contributed by atoms with Gasteiger partial charge in [-0.05, 0) is 59.0 Å². The van der Waals surface area contributed by atoms with Gasteiger partial charge >= 0.3 is 11.8 Å². The summed E-state index contributed by atoms with van der Waals surface area (Å²) >= 11 is 2.15. The Morgan fingerprint density at radius 3 is 2.10 bits per heavy atom. The first-order valence-electron chi connectivity index (χ1n) is 5.71. The molecule has 102 valence electrons. The van der Waals surface area contributed by atoms with E-state index in [1.54, 1.807) is 24.3 Å². The monoisotopic (exact) mass is 382 g/mol. The molecular formula is C14H11IN2O3. The Morgan fingerprint density at radius 2 is 1.50 bits per heavy atom. The second-order valence-corrected chi connectivity index (χ2v) is 5.21. The summed E-state index contributed by atoms with van der Waals surface area (Å²) in [6, 6.07) is 13.0. The van der Waals surface area contributed by atoms with E-state index >= 15 is 0 Å². The fraction of sp³-hybridized carbons (Fsp3) is 0. The minimum atomic E-state index is -0.797. The Bertz CT molecular complexity index is 641. The molecule has 0 aliphatic rings. The van der Waals surface area contributed by atoms with Crippen molar-refractivity contribution in [3.05, 3.63) is 52.1 Å². The lowest BCUT2D eigenvalue weighted by Gasteiger charge is -2.06. The number of nitrogens with one attached hydrogen (secondary N) is 2.